The molecule has 1 aromatic heterocycles. The number of benzene rings is 1. The molecule has 5 heteroatoms. The van der Waals surface area contributed by atoms with Crippen molar-refractivity contribution in [3.05, 3.63) is 52.8 Å². The molecule has 0 aliphatic heterocycles. The minimum atomic E-state index is -0.982. The first-order valence-corrected chi connectivity index (χ1v) is 5.36. The number of aromatic nitrogens is 2. The summed E-state index contributed by atoms with van der Waals surface area (Å²) in [7, 11) is 0. The minimum absolute atomic E-state index is 0.200. The molecule has 18 heavy (non-hydrogen) atoms. The summed E-state index contributed by atoms with van der Waals surface area (Å²) in [6.45, 7) is 2.11. The Morgan fingerprint density at radius 1 is 1.56 bits per heavy atom. The highest BCUT2D eigenvalue weighted by atomic mass is 16.4. The molecule has 0 aliphatic rings. The third-order valence-corrected chi connectivity index (χ3v) is 2.58. The number of rotatable bonds is 3. The molecule has 0 amide bonds. The van der Waals surface area contributed by atoms with Crippen LogP contribution in [0.15, 0.2) is 30.5 Å². The van der Waals surface area contributed by atoms with Crippen LogP contribution in [0, 0.1) is 18.3 Å². The van der Waals surface area contributed by atoms with Crippen LogP contribution in [0.25, 0.3) is 0 Å². The predicted molar refractivity (Wildman–Crippen MR) is 64.2 cm³/mol. The highest BCUT2D eigenvalue weighted by molar-refractivity contribution is 5.88. The maximum absolute atomic E-state index is 10.9. The summed E-state index contributed by atoms with van der Waals surface area (Å²) < 4.78 is 1.56. The zero-order chi connectivity index (χ0) is 13.1. The molecule has 0 radical (unpaired) electrons. The van der Waals surface area contributed by atoms with Gasteiger partial charge in [0.15, 0.2) is 0 Å². The fourth-order valence-electron chi connectivity index (χ4n) is 1.74. The van der Waals surface area contributed by atoms with Gasteiger partial charge in [0.05, 0.1) is 23.9 Å². The van der Waals surface area contributed by atoms with Crippen LogP contribution in [-0.2, 0) is 6.54 Å². The van der Waals surface area contributed by atoms with Gasteiger partial charge in [0.1, 0.15) is 5.56 Å². The van der Waals surface area contributed by atoms with Crippen LogP contribution >= 0.6 is 0 Å². The number of aryl methyl sites for hydroxylation is 1. The normalized spacial score (nSPS) is 10.0. The first-order chi connectivity index (χ1) is 8.60. The summed E-state index contributed by atoms with van der Waals surface area (Å²) >= 11 is 0. The molecule has 1 heterocycles. The van der Waals surface area contributed by atoms with Crippen molar-refractivity contribution in [2.75, 3.05) is 0 Å². The van der Waals surface area contributed by atoms with Crippen molar-refractivity contribution in [2.24, 2.45) is 0 Å². The summed E-state index contributed by atoms with van der Waals surface area (Å²) in [5.41, 5.74) is 2.17. The van der Waals surface area contributed by atoms with E-state index < -0.39 is 5.97 Å². The Bertz CT molecular complexity index is 638. The zero-order valence-corrected chi connectivity index (χ0v) is 9.79. The van der Waals surface area contributed by atoms with E-state index >= 15 is 0 Å². The van der Waals surface area contributed by atoms with Gasteiger partial charge in [0.2, 0.25) is 0 Å². The molecule has 90 valence electrons. The molecule has 0 atom stereocenters. The van der Waals surface area contributed by atoms with E-state index in [1.165, 1.54) is 6.20 Å². The number of nitrogens with zero attached hydrogens (tertiary/aromatic N) is 3. The van der Waals surface area contributed by atoms with E-state index in [0.29, 0.717) is 17.8 Å². The third kappa shape index (κ3) is 2.38. The van der Waals surface area contributed by atoms with Crippen LogP contribution in [0.4, 0.5) is 0 Å². The number of carboxylic acid groups (broad SMARTS) is 1. The van der Waals surface area contributed by atoms with Crippen LogP contribution in [0.2, 0.25) is 0 Å². The van der Waals surface area contributed by atoms with Crippen molar-refractivity contribution in [3.63, 3.8) is 0 Å². The van der Waals surface area contributed by atoms with Crippen LogP contribution in [-0.4, -0.2) is 20.9 Å². The number of hydrogen-bond acceptors (Lipinski definition) is 3. The lowest BCUT2D eigenvalue weighted by Crippen LogP contribution is -2.00. The summed E-state index contributed by atoms with van der Waals surface area (Å²) in [6.07, 6.45) is 1.50. The van der Waals surface area contributed by atoms with Crippen molar-refractivity contribution >= 4 is 5.97 Å². The fraction of sp³-hybridized carbons (Fsp3) is 0.154. The number of aromatic carboxylic acids is 1. The standard InChI is InChI=1S/C13H11N3O2/c1-9-12(13(17)18)8-16(15-9)7-11-4-2-3-10(5-11)6-14/h2-5,8H,7H2,1H3,(H,17,18). The Labute approximate surface area is 104 Å². The number of nitriles is 1. The molecule has 2 rings (SSSR count). The zero-order valence-electron chi connectivity index (χ0n) is 9.79. The highest BCUT2D eigenvalue weighted by Crippen LogP contribution is 2.09. The monoisotopic (exact) mass is 241 g/mol. The quantitative estimate of drug-likeness (QED) is 0.888. The van der Waals surface area contributed by atoms with E-state index in [1.54, 1.807) is 29.8 Å². The lowest BCUT2D eigenvalue weighted by Gasteiger charge is -2.01. The summed E-state index contributed by atoms with van der Waals surface area (Å²) in [6, 6.07) is 9.22. The molecular formula is C13H11N3O2. The van der Waals surface area contributed by atoms with Crippen LogP contribution in [0.5, 0.6) is 0 Å². The maximum atomic E-state index is 10.9. The molecular weight excluding hydrogens is 230 g/mol. The second-order valence-corrected chi connectivity index (χ2v) is 3.94. The van der Waals surface area contributed by atoms with Gasteiger partial charge >= 0.3 is 5.97 Å². The first kappa shape index (κ1) is 11.9. The van der Waals surface area contributed by atoms with E-state index in [4.69, 9.17) is 10.4 Å². The van der Waals surface area contributed by atoms with Crippen molar-refractivity contribution < 1.29 is 9.90 Å². The Hall–Kier alpha value is -2.61. The highest BCUT2D eigenvalue weighted by Gasteiger charge is 2.11. The fourth-order valence-corrected chi connectivity index (χ4v) is 1.74. The second-order valence-electron chi connectivity index (χ2n) is 3.94. The third-order valence-electron chi connectivity index (χ3n) is 2.58. The van der Waals surface area contributed by atoms with E-state index in [0.717, 1.165) is 5.56 Å². The van der Waals surface area contributed by atoms with Gasteiger partial charge in [-0.05, 0) is 24.6 Å². The van der Waals surface area contributed by atoms with Crippen molar-refractivity contribution in [1.29, 1.82) is 5.26 Å². The van der Waals surface area contributed by atoms with Gasteiger partial charge in [0, 0.05) is 6.20 Å². The molecule has 1 aromatic carbocycles. The molecule has 0 saturated heterocycles. The molecule has 0 saturated carbocycles. The van der Waals surface area contributed by atoms with Crippen molar-refractivity contribution in [1.82, 2.24) is 9.78 Å². The smallest absolute Gasteiger partial charge is 0.339 e. The second kappa shape index (κ2) is 4.72. The van der Waals surface area contributed by atoms with Gasteiger partial charge < -0.3 is 5.11 Å². The topological polar surface area (TPSA) is 78.9 Å². The summed E-state index contributed by atoms with van der Waals surface area (Å²) in [5.74, 6) is -0.982. The molecule has 0 aliphatic carbocycles. The first-order valence-electron chi connectivity index (χ1n) is 5.36. The molecule has 1 N–H and O–H groups in total. The van der Waals surface area contributed by atoms with Crippen LogP contribution in [0.3, 0.4) is 0 Å². The molecule has 5 nitrogen and oxygen atoms in total. The lowest BCUT2D eigenvalue weighted by molar-refractivity contribution is 0.0696. The largest absolute Gasteiger partial charge is 0.478 e. The molecule has 2 aromatic rings. The van der Waals surface area contributed by atoms with E-state index in [9.17, 15) is 4.79 Å². The van der Waals surface area contributed by atoms with Gasteiger partial charge in [-0.3, -0.25) is 4.68 Å². The Morgan fingerprint density at radius 2 is 2.33 bits per heavy atom. The molecule has 0 spiro atoms. The summed E-state index contributed by atoms with van der Waals surface area (Å²) in [5, 5.41) is 21.9. The van der Waals surface area contributed by atoms with E-state index in [-0.39, 0.29) is 5.56 Å². The van der Waals surface area contributed by atoms with E-state index in [2.05, 4.69) is 11.2 Å². The van der Waals surface area contributed by atoms with Crippen molar-refractivity contribution in [2.45, 2.75) is 13.5 Å². The minimum Gasteiger partial charge on any atom is -0.478 e. The lowest BCUT2D eigenvalue weighted by atomic mass is 10.1. The van der Waals surface area contributed by atoms with Gasteiger partial charge in [-0.1, -0.05) is 12.1 Å². The van der Waals surface area contributed by atoms with Gasteiger partial charge in [-0.25, -0.2) is 4.79 Å². The average molecular weight is 241 g/mol. The number of carbonyl (C=O) groups is 1. The maximum Gasteiger partial charge on any atom is 0.339 e. The summed E-state index contributed by atoms with van der Waals surface area (Å²) in [4.78, 5) is 10.9. The molecule has 0 fully saturated rings. The van der Waals surface area contributed by atoms with Crippen LogP contribution in [0.1, 0.15) is 27.2 Å². The Balaban J connectivity index is 2.26. The Morgan fingerprint density at radius 3 is 2.94 bits per heavy atom. The van der Waals surface area contributed by atoms with Crippen LogP contribution < -0.4 is 0 Å². The predicted octanol–water partition coefficient (Wildman–Crippen LogP) is 1.81. The van der Waals surface area contributed by atoms with E-state index in [1.807, 2.05) is 6.07 Å². The van der Waals surface area contributed by atoms with Gasteiger partial charge in [0.25, 0.3) is 0 Å². The van der Waals surface area contributed by atoms with Gasteiger partial charge in [-0.15, -0.1) is 0 Å². The molecule has 0 bridgehead atoms. The number of carboxylic acids is 1. The number of hydrogen-bond donors (Lipinski definition) is 1. The Kier molecular flexibility index (Phi) is 3.11. The molecule has 0 unspecified atom stereocenters. The average Bonchev–Trinajstić information content (AvgIpc) is 2.70. The SMILES string of the molecule is Cc1nn(Cc2cccc(C#N)c2)cc1C(=O)O. The van der Waals surface area contributed by atoms with Crippen molar-refractivity contribution in [3.8, 4) is 6.07 Å². The van der Waals surface area contributed by atoms with Gasteiger partial charge in [-0.2, -0.15) is 10.4 Å².